The molecule has 4 rings (SSSR count). The molecule has 1 N–H and O–H groups in total. The van der Waals surface area contributed by atoms with Crippen LogP contribution in [0.5, 0.6) is 0 Å². The number of fused-ring (bicyclic) bond motifs is 1. The molecular weight excluding hydrogens is 350 g/mol. The predicted molar refractivity (Wildman–Crippen MR) is 113 cm³/mol. The molecule has 6 heteroatoms. The maximum Gasteiger partial charge on any atom is 0.158 e. The molecule has 28 heavy (non-hydrogen) atoms. The van der Waals surface area contributed by atoms with Crippen LogP contribution < -0.4 is 5.32 Å². The monoisotopic (exact) mass is 379 g/mol. The van der Waals surface area contributed by atoms with E-state index in [0.29, 0.717) is 5.92 Å². The number of aromatic nitrogens is 3. The molecule has 1 aromatic carbocycles. The molecule has 0 spiro atoms. The number of hydrogen-bond acceptors (Lipinski definition) is 5. The summed E-state index contributed by atoms with van der Waals surface area (Å²) in [6.07, 6.45) is 2.51. The highest BCUT2D eigenvalue weighted by Gasteiger charge is 2.20. The Labute approximate surface area is 166 Å². The third-order valence-electron chi connectivity index (χ3n) is 5.41. The largest absolute Gasteiger partial charge is 0.383 e. The van der Waals surface area contributed by atoms with Gasteiger partial charge in [-0.25, -0.2) is 4.98 Å². The molecule has 148 valence electrons. The van der Waals surface area contributed by atoms with Gasteiger partial charge in [0.05, 0.1) is 18.0 Å². The van der Waals surface area contributed by atoms with Gasteiger partial charge in [0.2, 0.25) is 0 Å². The SMILES string of the molecule is COCCN1CCCC(CNc2cc(-c3ccccc3)nc3cc(C)nn23)C1. The molecule has 0 aliphatic carbocycles. The second-order valence-corrected chi connectivity index (χ2v) is 7.63. The summed E-state index contributed by atoms with van der Waals surface area (Å²) in [5.74, 6) is 1.64. The fraction of sp³-hybridized carbons (Fsp3) is 0.455. The van der Waals surface area contributed by atoms with E-state index < -0.39 is 0 Å². The van der Waals surface area contributed by atoms with Crippen LogP contribution in [0.1, 0.15) is 18.5 Å². The number of hydrogen-bond donors (Lipinski definition) is 1. The Morgan fingerprint density at radius 1 is 1.21 bits per heavy atom. The van der Waals surface area contributed by atoms with Crippen LogP contribution in [0.2, 0.25) is 0 Å². The molecule has 1 aliphatic heterocycles. The number of ether oxygens (including phenoxy) is 1. The van der Waals surface area contributed by atoms with Crippen molar-refractivity contribution >= 4 is 11.5 Å². The molecule has 1 atom stereocenters. The maximum atomic E-state index is 5.24. The lowest BCUT2D eigenvalue weighted by atomic mass is 9.98. The van der Waals surface area contributed by atoms with Gasteiger partial charge < -0.3 is 15.0 Å². The van der Waals surface area contributed by atoms with Crippen molar-refractivity contribution in [3.63, 3.8) is 0 Å². The van der Waals surface area contributed by atoms with Crippen molar-refractivity contribution in [1.29, 1.82) is 0 Å². The molecule has 1 unspecified atom stereocenters. The smallest absolute Gasteiger partial charge is 0.158 e. The molecule has 2 aromatic heterocycles. The van der Waals surface area contributed by atoms with Gasteiger partial charge in [-0.05, 0) is 32.2 Å². The highest BCUT2D eigenvalue weighted by molar-refractivity contribution is 5.66. The van der Waals surface area contributed by atoms with Gasteiger partial charge in [0.1, 0.15) is 5.82 Å². The lowest BCUT2D eigenvalue weighted by molar-refractivity contribution is 0.117. The summed E-state index contributed by atoms with van der Waals surface area (Å²) < 4.78 is 7.16. The van der Waals surface area contributed by atoms with E-state index in [2.05, 4.69) is 33.5 Å². The molecule has 0 bridgehead atoms. The third-order valence-corrected chi connectivity index (χ3v) is 5.41. The standard InChI is InChI=1S/C22H29N5O/c1-17-13-22-24-20(19-8-4-3-5-9-19)14-21(27(22)25-17)23-15-18-7-6-10-26(16-18)11-12-28-2/h3-5,8-9,13-14,18,23H,6-7,10-12,15-16H2,1-2H3. The zero-order valence-corrected chi connectivity index (χ0v) is 16.8. The molecule has 3 aromatic rings. The van der Waals surface area contributed by atoms with Crippen molar-refractivity contribution in [3.05, 3.63) is 48.2 Å². The molecule has 0 radical (unpaired) electrons. The first-order valence-electron chi connectivity index (χ1n) is 10.1. The molecule has 0 saturated carbocycles. The van der Waals surface area contributed by atoms with Gasteiger partial charge in [0, 0.05) is 44.4 Å². The van der Waals surface area contributed by atoms with E-state index >= 15 is 0 Å². The summed E-state index contributed by atoms with van der Waals surface area (Å²) >= 11 is 0. The minimum absolute atomic E-state index is 0.630. The number of anilines is 1. The second kappa shape index (κ2) is 8.71. The van der Waals surface area contributed by atoms with E-state index in [0.717, 1.165) is 54.7 Å². The predicted octanol–water partition coefficient (Wildman–Crippen LogP) is 3.48. The van der Waals surface area contributed by atoms with E-state index in [9.17, 15) is 0 Å². The van der Waals surface area contributed by atoms with Gasteiger partial charge in [0.15, 0.2) is 5.65 Å². The van der Waals surface area contributed by atoms with Gasteiger partial charge in [-0.15, -0.1) is 0 Å². The average Bonchev–Trinajstić information content (AvgIpc) is 3.11. The third kappa shape index (κ3) is 4.34. The number of rotatable bonds is 7. The Morgan fingerprint density at radius 3 is 2.89 bits per heavy atom. The number of benzene rings is 1. The van der Waals surface area contributed by atoms with Gasteiger partial charge in [-0.3, -0.25) is 0 Å². The van der Waals surface area contributed by atoms with Crippen LogP contribution in [0.25, 0.3) is 16.9 Å². The lowest BCUT2D eigenvalue weighted by Gasteiger charge is -2.32. The number of likely N-dealkylation sites (tertiary alicyclic amines) is 1. The molecule has 1 aliphatic rings. The Balaban J connectivity index is 1.53. The zero-order chi connectivity index (χ0) is 19.3. The van der Waals surface area contributed by atoms with Crippen LogP contribution in [0, 0.1) is 12.8 Å². The van der Waals surface area contributed by atoms with Crippen LogP contribution in [-0.4, -0.2) is 59.4 Å². The summed E-state index contributed by atoms with van der Waals surface area (Å²) in [4.78, 5) is 7.31. The summed E-state index contributed by atoms with van der Waals surface area (Å²) in [5, 5.41) is 8.29. The van der Waals surface area contributed by atoms with Crippen LogP contribution in [-0.2, 0) is 4.74 Å². The molecule has 1 saturated heterocycles. The summed E-state index contributed by atoms with van der Waals surface area (Å²) in [7, 11) is 1.77. The summed E-state index contributed by atoms with van der Waals surface area (Å²) in [5.41, 5.74) is 3.95. The van der Waals surface area contributed by atoms with Gasteiger partial charge in [-0.1, -0.05) is 30.3 Å². The number of methoxy groups -OCH3 is 1. The number of nitrogens with zero attached hydrogens (tertiary/aromatic N) is 4. The van der Waals surface area contributed by atoms with Crippen LogP contribution in [0.3, 0.4) is 0 Å². The Kier molecular flexibility index (Phi) is 5.88. The van der Waals surface area contributed by atoms with E-state index in [4.69, 9.17) is 9.72 Å². The Hall–Kier alpha value is -2.44. The number of aryl methyl sites for hydroxylation is 1. The molecule has 6 nitrogen and oxygen atoms in total. The normalized spacial score (nSPS) is 17.9. The van der Waals surface area contributed by atoms with Gasteiger partial charge in [-0.2, -0.15) is 9.61 Å². The number of piperidine rings is 1. The van der Waals surface area contributed by atoms with Crippen molar-refractivity contribution < 1.29 is 4.74 Å². The molecule has 1 fully saturated rings. The lowest BCUT2D eigenvalue weighted by Crippen LogP contribution is -2.39. The van der Waals surface area contributed by atoms with Gasteiger partial charge in [0.25, 0.3) is 0 Å². The van der Waals surface area contributed by atoms with Gasteiger partial charge >= 0.3 is 0 Å². The summed E-state index contributed by atoms with van der Waals surface area (Å²) in [6.45, 7) is 7.07. The van der Waals surface area contributed by atoms with Crippen molar-refractivity contribution in [1.82, 2.24) is 19.5 Å². The Bertz CT molecular complexity index is 908. The topological polar surface area (TPSA) is 54.7 Å². The molecular formula is C22H29N5O. The minimum atomic E-state index is 0.630. The van der Waals surface area contributed by atoms with E-state index in [1.54, 1.807) is 7.11 Å². The average molecular weight is 380 g/mol. The molecule has 3 heterocycles. The first-order chi connectivity index (χ1) is 13.7. The van der Waals surface area contributed by atoms with Crippen molar-refractivity contribution in [2.75, 3.05) is 45.2 Å². The number of nitrogens with one attached hydrogen (secondary N) is 1. The second-order valence-electron chi connectivity index (χ2n) is 7.63. The van der Waals surface area contributed by atoms with E-state index in [1.165, 1.54) is 19.4 Å². The fourth-order valence-corrected chi connectivity index (χ4v) is 3.96. The first kappa shape index (κ1) is 18.9. The quantitative estimate of drug-likeness (QED) is 0.681. The van der Waals surface area contributed by atoms with E-state index in [1.807, 2.05) is 35.7 Å². The Morgan fingerprint density at radius 2 is 2.07 bits per heavy atom. The van der Waals surface area contributed by atoms with Crippen LogP contribution >= 0.6 is 0 Å². The highest BCUT2D eigenvalue weighted by atomic mass is 16.5. The maximum absolute atomic E-state index is 5.24. The molecule has 0 amide bonds. The van der Waals surface area contributed by atoms with Crippen molar-refractivity contribution in [2.45, 2.75) is 19.8 Å². The summed E-state index contributed by atoms with van der Waals surface area (Å²) in [6, 6.07) is 14.5. The van der Waals surface area contributed by atoms with E-state index in [-0.39, 0.29) is 0 Å². The minimum Gasteiger partial charge on any atom is -0.383 e. The first-order valence-corrected chi connectivity index (χ1v) is 10.1. The highest BCUT2D eigenvalue weighted by Crippen LogP contribution is 2.24. The van der Waals surface area contributed by atoms with Crippen molar-refractivity contribution in [3.8, 4) is 11.3 Å². The van der Waals surface area contributed by atoms with Crippen LogP contribution in [0.15, 0.2) is 42.5 Å². The zero-order valence-electron chi connectivity index (χ0n) is 16.8. The fourth-order valence-electron chi connectivity index (χ4n) is 3.96. The van der Waals surface area contributed by atoms with Crippen LogP contribution in [0.4, 0.5) is 5.82 Å². The van der Waals surface area contributed by atoms with Crippen molar-refractivity contribution in [2.24, 2.45) is 5.92 Å².